The molecule has 0 heterocycles. The second-order valence-corrected chi connectivity index (χ2v) is 3.57. The van der Waals surface area contributed by atoms with E-state index in [1.165, 1.54) is 11.1 Å². The minimum Gasteiger partial charge on any atom is -0.0874 e. The normalized spacial score (nSPS) is 12.7. The summed E-state index contributed by atoms with van der Waals surface area (Å²) in [5.41, 5.74) is 2.73. The lowest BCUT2D eigenvalue weighted by Gasteiger charge is -2.04. The minimum atomic E-state index is 0.608. The van der Waals surface area contributed by atoms with E-state index < -0.39 is 0 Å². The topological polar surface area (TPSA) is 0 Å². The quantitative estimate of drug-likeness (QED) is 0.551. The van der Waals surface area contributed by atoms with Crippen molar-refractivity contribution in [2.24, 2.45) is 5.92 Å². The van der Waals surface area contributed by atoms with Crippen LogP contribution in [0.1, 0.15) is 34.6 Å². The van der Waals surface area contributed by atoms with Gasteiger partial charge in [-0.25, -0.2) is 0 Å². The average molecular weight is 164 g/mol. The van der Waals surface area contributed by atoms with E-state index in [2.05, 4.69) is 58.9 Å². The molecule has 0 heteroatoms. The molecule has 0 bridgehead atoms. The Morgan fingerprint density at radius 3 is 2.00 bits per heavy atom. The monoisotopic (exact) mass is 164 g/mol. The molecule has 0 N–H and O–H groups in total. The van der Waals surface area contributed by atoms with E-state index >= 15 is 0 Å². The summed E-state index contributed by atoms with van der Waals surface area (Å²) in [6.07, 6.45) is 8.62. The second kappa shape index (κ2) is 5.82. The summed E-state index contributed by atoms with van der Waals surface area (Å²) in [7, 11) is 0. The number of rotatable bonds is 3. The van der Waals surface area contributed by atoms with E-state index in [4.69, 9.17) is 0 Å². The van der Waals surface area contributed by atoms with Crippen LogP contribution in [0.3, 0.4) is 0 Å². The molecule has 0 aliphatic heterocycles. The van der Waals surface area contributed by atoms with Crippen molar-refractivity contribution in [3.63, 3.8) is 0 Å². The van der Waals surface area contributed by atoms with E-state index in [0.29, 0.717) is 5.92 Å². The van der Waals surface area contributed by atoms with Gasteiger partial charge in [0, 0.05) is 0 Å². The van der Waals surface area contributed by atoms with Crippen LogP contribution in [0.2, 0.25) is 0 Å². The molecule has 0 fully saturated rings. The molecule has 0 aromatic heterocycles. The van der Waals surface area contributed by atoms with Crippen LogP contribution in [0.15, 0.2) is 35.5 Å². The minimum absolute atomic E-state index is 0.608. The number of hydrogen-bond acceptors (Lipinski definition) is 0. The summed E-state index contributed by atoms with van der Waals surface area (Å²) >= 11 is 0. The smallest absolute Gasteiger partial charge is 0.0219 e. The van der Waals surface area contributed by atoms with Gasteiger partial charge >= 0.3 is 0 Å². The molecule has 0 saturated carbocycles. The summed E-state index contributed by atoms with van der Waals surface area (Å²) in [5, 5.41) is 0. The third kappa shape index (κ3) is 4.95. The first kappa shape index (κ1) is 11.2. The highest BCUT2D eigenvalue weighted by Crippen LogP contribution is 2.11. The fraction of sp³-hybridized carbons (Fsp3) is 0.500. The second-order valence-electron chi connectivity index (χ2n) is 3.57. The molecule has 0 radical (unpaired) electrons. The maximum absolute atomic E-state index is 2.21. The molecule has 0 amide bonds. The van der Waals surface area contributed by atoms with Crippen LogP contribution >= 0.6 is 0 Å². The van der Waals surface area contributed by atoms with Gasteiger partial charge in [-0.3, -0.25) is 0 Å². The Hall–Kier alpha value is -0.780. The molecule has 0 unspecified atom stereocenters. The van der Waals surface area contributed by atoms with E-state index in [9.17, 15) is 0 Å². The molecule has 68 valence electrons. The van der Waals surface area contributed by atoms with E-state index in [1.54, 1.807) is 0 Å². The Balaban J connectivity index is 4.50. The summed E-state index contributed by atoms with van der Waals surface area (Å²) in [6.45, 7) is 10.7. The molecular weight excluding hydrogens is 144 g/mol. The van der Waals surface area contributed by atoms with Crippen LogP contribution < -0.4 is 0 Å². The van der Waals surface area contributed by atoms with Crippen molar-refractivity contribution in [2.75, 3.05) is 0 Å². The molecule has 0 aliphatic rings. The SMILES string of the molecule is C/C=C\C(=C\C=C(C)C)C(C)C. The Kier molecular flexibility index (Phi) is 5.44. The predicted octanol–water partition coefficient (Wildman–Crippen LogP) is 4.11. The maximum atomic E-state index is 2.21. The molecule has 0 aliphatic carbocycles. The fourth-order valence-corrected chi connectivity index (χ4v) is 0.896. The molecule has 0 rings (SSSR count). The van der Waals surface area contributed by atoms with Crippen molar-refractivity contribution >= 4 is 0 Å². The molecule has 0 nitrogen and oxygen atoms in total. The summed E-state index contributed by atoms with van der Waals surface area (Å²) in [4.78, 5) is 0. The highest BCUT2D eigenvalue weighted by molar-refractivity contribution is 5.26. The van der Waals surface area contributed by atoms with Gasteiger partial charge in [-0.2, -0.15) is 0 Å². The van der Waals surface area contributed by atoms with Crippen LogP contribution in [-0.4, -0.2) is 0 Å². The molecule has 0 aromatic carbocycles. The molecule has 0 saturated heterocycles. The van der Waals surface area contributed by atoms with Gasteiger partial charge in [-0.05, 0) is 32.3 Å². The van der Waals surface area contributed by atoms with Crippen molar-refractivity contribution in [1.82, 2.24) is 0 Å². The van der Waals surface area contributed by atoms with Crippen molar-refractivity contribution in [3.05, 3.63) is 35.5 Å². The van der Waals surface area contributed by atoms with Crippen LogP contribution in [-0.2, 0) is 0 Å². The summed E-state index contributed by atoms with van der Waals surface area (Å²) in [6, 6.07) is 0. The van der Waals surface area contributed by atoms with Gasteiger partial charge in [0.2, 0.25) is 0 Å². The van der Waals surface area contributed by atoms with Gasteiger partial charge < -0.3 is 0 Å². The van der Waals surface area contributed by atoms with Gasteiger partial charge in [0.05, 0.1) is 0 Å². The highest BCUT2D eigenvalue weighted by Gasteiger charge is 1.95. The van der Waals surface area contributed by atoms with Crippen LogP contribution in [0.25, 0.3) is 0 Å². The lowest BCUT2D eigenvalue weighted by Crippen LogP contribution is -1.89. The summed E-state index contributed by atoms with van der Waals surface area (Å²) < 4.78 is 0. The van der Waals surface area contributed by atoms with E-state index in [-0.39, 0.29) is 0 Å². The Morgan fingerprint density at radius 1 is 1.08 bits per heavy atom. The highest BCUT2D eigenvalue weighted by atomic mass is 14.0. The number of allylic oxidation sites excluding steroid dienone is 6. The average Bonchev–Trinajstić information content (AvgIpc) is 1.96. The first-order valence-electron chi connectivity index (χ1n) is 4.55. The third-order valence-electron chi connectivity index (χ3n) is 1.63. The van der Waals surface area contributed by atoms with E-state index in [1.807, 2.05) is 0 Å². The molecule has 0 atom stereocenters. The molecule has 0 spiro atoms. The zero-order chi connectivity index (χ0) is 9.56. The zero-order valence-electron chi connectivity index (χ0n) is 8.89. The lowest BCUT2D eigenvalue weighted by molar-refractivity contribution is 0.791. The summed E-state index contributed by atoms with van der Waals surface area (Å²) in [5.74, 6) is 0.608. The maximum Gasteiger partial charge on any atom is -0.0219 e. The van der Waals surface area contributed by atoms with Gasteiger partial charge in [-0.15, -0.1) is 0 Å². The van der Waals surface area contributed by atoms with Gasteiger partial charge in [-0.1, -0.05) is 43.7 Å². The molecule has 12 heavy (non-hydrogen) atoms. The molecular formula is C12H20. The van der Waals surface area contributed by atoms with E-state index in [0.717, 1.165) is 0 Å². The standard InChI is InChI=1S/C12H20/c1-6-7-12(11(4)5)9-8-10(2)3/h6-9,11H,1-5H3/b7-6-,12-9-. The Bertz CT molecular complexity index is 198. The van der Waals surface area contributed by atoms with Crippen molar-refractivity contribution in [1.29, 1.82) is 0 Å². The Morgan fingerprint density at radius 2 is 1.67 bits per heavy atom. The Labute approximate surface area is 76.7 Å². The largest absolute Gasteiger partial charge is 0.0874 e. The zero-order valence-corrected chi connectivity index (χ0v) is 8.89. The van der Waals surface area contributed by atoms with Crippen LogP contribution in [0.5, 0.6) is 0 Å². The van der Waals surface area contributed by atoms with Gasteiger partial charge in [0.25, 0.3) is 0 Å². The third-order valence-corrected chi connectivity index (χ3v) is 1.63. The lowest BCUT2D eigenvalue weighted by atomic mass is 10.0. The predicted molar refractivity (Wildman–Crippen MR) is 57.2 cm³/mol. The molecule has 0 aromatic rings. The van der Waals surface area contributed by atoms with Crippen molar-refractivity contribution in [2.45, 2.75) is 34.6 Å². The first-order chi connectivity index (χ1) is 5.57. The fourth-order valence-electron chi connectivity index (χ4n) is 0.896. The van der Waals surface area contributed by atoms with Crippen LogP contribution in [0.4, 0.5) is 0 Å². The van der Waals surface area contributed by atoms with Gasteiger partial charge in [0.1, 0.15) is 0 Å². The van der Waals surface area contributed by atoms with Crippen molar-refractivity contribution < 1.29 is 0 Å². The van der Waals surface area contributed by atoms with Crippen LogP contribution in [0, 0.1) is 5.92 Å². The first-order valence-corrected chi connectivity index (χ1v) is 4.55. The van der Waals surface area contributed by atoms with Crippen molar-refractivity contribution in [3.8, 4) is 0 Å². The number of hydrogen-bond donors (Lipinski definition) is 0. The van der Waals surface area contributed by atoms with Gasteiger partial charge in [0.15, 0.2) is 0 Å².